The molecular formula is C10H19NS2. The predicted molar refractivity (Wildman–Crippen MR) is 67.4 cm³/mol. The molecule has 3 heteroatoms. The molecule has 0 amide bonds. The van der Waals surface area contributed by atoms with Gasteiger partial charge in [0.05, 0.1) is 0 Å². The smallest absolute Gasteiger partial charge is 0.136 e. The summed E-state index contributed by atoms with van der Waals surface area (Å²) < 4.78 is 0.958. The lowest BCUT2D eigenvalue weighted by molar-refractivity contribution is 0.648. The standard InChI is InChI=1S/C10H19NS2/c1-4-5-6-7-8-9-13-10(12)11(2)3/h7-8H,4-6,9H2,1-3H3/b8-7+. The molecule has 0 aliphatic heterocycles. The van der Waals surface area contributed by atoms with Crippen LogP contribution in [0.1, 0.15) is 26.2 Å². The molecule has 0 N–H and O–H groups in total. The molecule has 0 saturated heterocycles. The van der Waals surface area contributed by atoms with E-state index < -0.39 is 0 Å². The third-order valence-electron chi connectivity index (χ3n) is 1.56. The molecule has 76 valence electrons. The van der Waals surface area contributed by atoms with Gasteiger partial charge in [0.25, 0.3) is 0 Å². The maximum atomic E-state index is 5.13. The number of hydrogen-bond donors (Lipinski definition) is 0. The Morgan fingerprint density at radius 2 is 2.08 bits per heavy atom. The van der Waals surface area contributed by atoms with Crippen LogP contribution in [0.4, 0.5) is 0 Å². The molecule has 0 rings (SSSR count). The van der Waals surface area contributed by atoms with Crippen LogP contribution in [-0.4, -0.2) is 29.1 Å². The Balaban J connectivity index is 3.34. The van der Waals surface area contributed by atoms with Crippen molar-refractivity contribution in [3.8, 4) is 0 Å². The first-order chi connectivity index (χ1) is 6.18. The maximum absolute atomic E-state index is 5.13. The minimum Gasteiger partial charge on any atom is -0.364 e. The lowest BCUT2D eigenvalue weighted by Gasteiger charge is -2.10. The van der Waals surface area contributed by atoms with Crippen molar-refractivity contribution in [2.24, 2.45) is 0 Å². The first-order valence-corrected chi connectivity index (χ1v) is 6.07. The second-order valence-corrected chi connectivity index (χ2v) is 4.74. The molecule has 0 aromatic heterocycles. The van der Waals surface area contributed by atoms with Crippen molar-refractivity contribution >= 4 is 28.3 Å². The summed E-state index contributed by atoms with van der Waals surface area (Å²) in [5.41, 5.74) is 0. The fourth-order valence-corrected chi connectivity index (χ4v) is 1.59. The van der Waals surface area contributed by atoms with Crippen molar-refractivity contribution in [3.63, 3.8) is 0 Å². The predicted octanol–water partition coefficient (Wildman–Crippen LogP) is 3.31. The molecule has 0 aromatic rings. The lowest BCUT2D eigenvalue weighted by Crippen LogP contribution is -2.16. The van der Waals surface area contributed by atoms with Crippen LogP contribution in [0.2, 0.25) is 0 Å². The third kappa shape index (κ3) is 8.31. The highest BCUT2D eigenvalue weighted by Gasteiger charge is 1.95. The number of thiocarbonyl (C=S) groups is 1. The van der Waals surface area contributed by atoms with Crippen LogP contribution >= 0.6 is 24.0 Å². The monoisotopic (exact) mass is 217 g/mol. The Morgan fingerprint density at radius 1 is 1.38 bits per heavy atom. The number of unbranched alkanes of at least 4 members (excludes halogenated alkanes) is 2. The SMILES string of the molecule is CCCC/C=C/CSC(=S)N(C)C. The van der Waals surface area contributed by atoms with Crippen molar-refractivity contribution in [1.82, 2.24) is 4.90 Å². The topological polar surface area (TPSA) is 3.24 Å². The first kappa shape index (κ1) is 13.0. The molecule has 0 bridgehead atoms. The van der Waals surface area contributed by atoms with Gasteiger partial charge in [0.15, 0.2) is 0 Å². The molecule has 0 saturated carbocycles. The number of rotatable bonds is 5. The van der Waals surface area contributed by atoms with E-state index in [1.807, 2.05) is 19.0 Å². The van der Waals surface area contributed by atoms with E-state index in [4.69, 9.17) is 12.2 Å². The largest absolute Gasteiger partial charge is 0.364 e. The summed E-state index contributed by atoms with van der Waals surface area (Å²) >= 11 is 6.85. The molecule has 0 atom stereocenters. The molecule has 1 nitrogen and oxygen atoms in total. The van der Waals surface area contributed by atoms with Crippen molar-refractivity contribution in [2.45, 2.75) is 26.2 Å². The average Bonchev–Trinajstić information content (AvgIpc) is 2.10. The summed E-state index contributed by atoms with van der Waals surface area (Å²) in [6.07, 6.45) is 8.21. The molecule has 0 unspecified atom stereocenters. The number of thioether (sulfide) groups is 1. The lowest BCUT2D eigenvalue weighted by atomic mass is 10.2. The molecule has 0 radical (unpaired) electrons. The molecule has 0 heterocycles. The van der Waals surface area contributed by atoms with Crippen LogP contribution in [0, 0.1) is 0 Å². The highest BCUT2D eigenvalue weighted by atomic mass is 32.2. The number of allylic oxidation sites excluding steroid dienone is 1. The Bertz CT molecular complexity index is 164. The van der Waals surface area contributed by atoms with Crippen LogP contribution in [0.3, 0.4) is 0 Å². The molecule has 0 fully saturated rings. The minimum absolute atomic E-state index is 0.958. The van der Waals surface area contributed by atoms with Gasteiger partial charge < -0.3 is 4.90 Å². The minimum atomic E-state index is 0.958. The van der Waals surface area contributed by atoms with Crippen LogP contribution < -0.4 is 0 Å². The molecule has 13 heavy (non-hydrogen) atoms. The van der Waals surface area contributed by atoms with E-state index in [9.17, 15) is 0 Å². The van der Waals surface area contributed by atoms with Crippen molar-refractivity contribution in [1.29, 1.82) is 0 Å². The average molecular weight is 217 g/mol. The van der Waals surface area contributed by atoms with Gasteiger partial charge in [0.2, 0.25) is 0 Å². The third-order valence-corrected chi connectivity index (χ3v) is 3.25. The van der Waals surface area contributed by atoms with Gasteiger partial charge in [0, 0.05) is 19.8 Å². The fraction of sp³-hybridized carbons (Fsp3) is 0.700. The van der Waals surface area contributed by atoms with E-state index in [1.54, 1.807) is 11.8 Å². The highest BCUT2D eigenvalue weighted by molar-refractivity contribution is 8.23. The van der Waals surface area contributed by atoms with Gasteiger partial charge in [-0.1, -0.05) is 55.9 Å². The Hall–Kier alpha value is -0.0200. The highest BCUT2D eigenvalue weighted by Crippen LogP contribution is 2.07. The van der Waals surface area contributed by atoms with E-state index in [1.165, 1.54) is 19.3 Å². The second-order valence-electron chi connectivity index (χ2n) is 3.08. The zero-order chi connectivity index (χ0) is 10.1. The van der Waals surface area contributed by atoms with Gasteiger partial charge in [0.1, 0.15) is 4.32 Å². The molecule has 0 aliphatic carbocycles. The zero-order valence-electron chi connectivity index (χ0n) is 8.75. The van der Waals surface area contributed by atoms with Gasteiger partial charge in [-0.15, -0.1) is 0 Å². The van der Waals surface area contributed by atoms with Crippen LogP contribution in [0.5, 0.6) is 0 Å². The number of hydrogen-bond acceptors (Lipinski definition) is 2. The summed E-state index contributed by atoms with van der Waals surface area (Å²) in [6, 6.07) is 0. The van der Waals surface area contributed by atoms with E-state index >= 15 is 0 Å². The molecule has 0 spiro atoms. The number of nitrogens with zero attached hydrogens (tertiary/aromatic N) is 1. The molecule has 0 aliphatic rings. The van der Waals surface area contributed by atoms with Gasteiger partial charge in [-0.3, -0.25) is 0 Å². The molecule has 0 aromatic carbocycles. The summed E-state index contributed by atoms with van der Waals surface area (Å²) in [5.74, 6) is 1.00. The van der Waals surface area contributed by atoms with Crippen molar-refractivity contribution in [3.05, 3.63) is 12.2 Å². The first-order valence-electron chi connectivity index (χ1n) is 4.67. The van der Waals surface area contributed by atoms with Gasteiger partial charge >= 0.3 is 0 Å². The quantitative estimate of drug-likeness (QED) is 0.395. The van der Waals surface area contributed by atoms with Gasteiger partial charge in [-0.2, -0.15) is 0 Å². The van der Waals surface area contributed by atoms with E-state index in [0.29, 0.717) is 0 Å². The van der Waals surface area contributed by atoms with Crippen LogP contribution in [-0.2, 0) is 0 Å². The normalized spacial score (nSPS) is 10.7. The van der Waals surface area contributed by atoms with Gasteiger partial charge in [-0.05, 0) is 6.42 Å². The Kier molecular flexibility index (Phi) is 8.56. The Labute approximate surface area is 91.6 Å². The van der Waals surface area contributed by atoms with Crippen molar-refractivity contribution < 1.29 is 0 Å². The summed E-state index contributed by atoms with van der Waals surface area (Å²) in [7, 11) is 3.96. The maximum Gasteiger partial charge on any atom is 0.136 e. The van der Waals surface area contributed by atoms with Crippen LogP contribution in [0.15, 0.2) is 12.2 Å². The Morgan fingerprint density at radius 3 is 2.62 bits per heavy atom. The second kappa shape index (κ2) is 8.57. The summed E-state index contributed by atoms with van der Waals surface area (Å²) in [5, 5.41) is 0. The fourth-order valence-electron chi connectivity index (χ4n) is 0.756. The van der Waals surface area contributed by atoms with Gasteiger partial charge in [-0.25, -0.2) is 0 Å². The summed E-state index contributed by atoms with van der Waals surface area (Å²) in [4.78, 5) is 1.97. The van der Waals surface area contributed by atoms with Crippen molar-refractivity contribution in [2.75, 3.05) is 19.8 Å². The van der Waals surface area contributed by atoms with E-state index in [2.05, 4.69) is 19.1 Å². The van der Waals surface area contributed by atoms with E-state index in [0.717, 1.165) is 10.1 Å². The molecular weight excluding hydrogens is 198 g/mol. The zero-order valence-corrected chi connectivity index (χ0v) is 10.4. The van der Waals surface area contributed by atoms with E-state index in [-0.39, 0.29) is 0 Å². The van der Waals surface area contributed by atoms with Crippen LogP contribution in [0.25, 0.3) is 0 Å². The summed E-state index contributed by atoms with van der Waals surface area (Å²) in [6.45, 7) is 2.21.